The van der Waals surface area contributed by atoms with Crippen molar-refractivity contribution in [1.29, 1.82) is 0 Å². The molecule has 0 aliphatic rings. The lowest BCUT2D eigenvalue weighted by Crippen LogP contribution is -2.31. The summed E-state index contributed by atoms with van der Waals surface area (Å²) in [5, 5.41) is 3.53. The summed E-state index contributed by atoms with van der Waals surface area (Å²) in [7, 11) is -3.39. The molecular weight excluding hydrogens is 366 g/mol. The number of carbonyl (C=O) groups excluding carboxylic acids is 1. The van der Waals surface area contributed by atoms with E-state index in [1.807, 2.05) is 12.1 Å². The van der Waals surface area contributed by atoms with Crippen molar-refractivity contribution in [2.75, 3.05) is 11.0 Å². The van der Waals surface area contributed by atoms with E-state index >= 15 is 0 Å². The molecule has 0 saturated carbocycles. The van der Waals surface area contributed by atoms with Crippen molar-refractivity contribution < 1.29 is 13.2 Å². The third-order valence-electron chi connectivity index (χ3n) is 4.04. The van der Waals surface area contributed by atoms with Gasteiger partial charge in [0.1, 0.15) is 5.56 Å². The van der Waals surface area contributed by atoms with Crippen molar-refractivity contribution in [3.8, 4) is 0 Å². The summed E-state index contributed by atoms with van der Waals surface area (Å²) >= 11 is 0. The minimum atomic E-state index is -3.39. The number of aromatic amines is 1. The summed E-state index contributed by atoms with van der Waals surface area (Å²) in [5.74, 6) is -0.504. The predicted octanol–water partition coefficient (Wildman–Crippen LogP) is 2.39. The Hall–Kier alpha value is -3.13. The Morgan fingerprint density at radius 1 is 1.07 bits per heavy atom. The molecule has 3 N–H and O–H groups in total. The molecule has 3 rings (SSSR count). The van der Waals surface area contributed by atoms with Crippen molar-refractivity contribution in [3.63, 3.8) is 0 Å². The Kier molecular flexibility index (Phi) is 5.00. The number of H-pyrrole nitrogens is 1. The highest BCUT2D eigenvalue weighted by Gasteiger charge is 2.16. The number of sulfonamides is 1. The van der Waals surface area contributed by atoms with Gasteiger partial charge >= 0.3 is 0 Å². The summed E-state index contributed by atoms with van der Waals surface area (Å²) in [6.07, 6.45) is 1.07. The SMILES string of the molecule is CC(NC(=O)c1cc2ccccc2[nH]c1=O)c1cccc(NS(C)(=O)=O)c1. The Morgan fingerprint density at radius 2 is 1.81 bits per heavy atom. The van der Waals surface area contributed by atoms with Gasteiger partial charge in [-0.2, -0.15) is 0 Å². The molecule has 1 heterocycles. The van der Waals surface area contributed by atoms with Crippen molar-refractivity contribution in [2.45, 2.75) is 13.0 Å². The predicted molar refractivity (Wildman–Crippen MR) is 105 cm³/mol. The Bertz CT molecular complexity index is 1170. The fourth-order valence-corrected chi connectivity index (χ4v) is 3.31. The highest BCUT2D eigenvalue weighted by atomic mass is 32.2. The van der Waals surface area contributed by atoms with Gasteiger partial charge in [-0.3, -0.25) is 14.3 Å². The van der Waals surface area contributed by atoms with Crippen LogP contribution in [0.25, 0.3) is 10.9 Å². The topological polar surface area (TPSA) is 108 Å². The summed E-state index contributed by atoms with van der Waals surface area (Å²) in [4.78, 5) is 27.5. The molecule has 0 aliphatic carbocycles. The molecule has 7 nitrogen and oxygen atoms in total. The van der Waals surface area contributed by atoms with Crippen LogP contribution >= 0.6 is 0 Å². The second-order valence-corrected chi connectivity index (χ2v) is 8.04. The molecule has 2 aromatic carbocycles. The summed E-state index contributed by atoms with van der Waals surface area (Å²) in [5.41, 5.74) is 1.32. The second-order valence-electron chi connectivity index (χ2n) is 6.29. The Balaban J connectivity index is 1.83. The first-order valence-corrected chi connectivity index (χ1v) is 10.1. The number of amides is 1. The zero-order chi connectivity index (χ0) is 19.6. The van der Waals surface area contributed by atoms with Crippen molar-refractivity contribution in [2.24, 2.45) is 0 Å². The molecule has 1 unspecified atom stereocenters. The van der Waals surface area contributed by atoms with Gasteiger partial charge in [-0.1, -0.05) is 30.3 Å². The highest BCUT2D eigenvalue weighted by Crippen LogP contribution is 2.19. The molecule has 0 bridgehead atoms. The number of pyridine rings is 1. The van der Waals surface area contributed by atoms with E-state index in [-0.39, 0.29) is 5.56 Å². The van der Waals surface area contributed by atoms with Gasteiger partial charge in [0.05, 0.1) is 12.3 Å². The largest absolute Gasteiger partial charge is 0.345 e. The smallest absolute Gasteiger partial charge is 0.261 e. The minimum absolute atomic E-state index is 0.0194. The first kappa shape index (κ1) is 18.7. The van der Waals surface area contributed by atoms with Crippen molar-refractivity contribution in [3.05, 3.63) is 76.1 Å². The number of nitrogens with one attached hydrogen (secondary N) is 3. The van der Waals surface area contributed by atoms with Crippen molar-refractivity contribution >= 4 is 32.5 Å². The lowest BCUT2D eigenvalue weighted by Gasteiger charge is -2.15. The van der Waals surface area contributed by atoms with Gasteiger partial charge in [0.25, 0.3) is 11.5 Å². The van der Waals surface area contributed by atoms with Crippen molar-refractivity contribution in [1.82, 2.24) is 10.3 Å². The van der Waals surface area contributed by atoms with Crippen LogP contribution in [-0.2, 0) is 10.0 Å². The third kappa shape index (κ3) is 4.53. The molecule has 3 aromatic rings. The van der Waals surface area contributed by atoms with Gasteiger partial charge in [-0.25, -0.2) is 8.42 Å². The molecule has 27 heavy (non-hydrogen) atoms. The fraction of sp³-hybridized carbons (Fsp3) is 0.158. The van der Waals surface area contributed by atoms with E-state index in [4.69, 9.17) is 0 Å². The number of anilines is 1. The molecule has 1 aromatic heterocycles. The molecular formula is C19H19N3O4S. The quantitative estimate of drug-likeness (QED) is 0.627. The number of fused-ring (bicyclic) bond motifs is 1. The van der Waals surface area contributed by atoms with Crippen LogP contribution in [0.1, 0.15) is 28.9 Å². The molecule has 0 spiro atoms. The molecule has 0 radical (unpaired) electrons. The molecule has 1 atom stereocenters. The summed E-state index contributed by atoms with van der Waals surface area (Å²) in [6.45, 7) is 1.76. The van der Waals surface area contributed by atoms with Gasteiger partial charge in [0, 0.05) is 11.2 Å². The fourth-order valence-electron chi connectivity index (χ4n) is 2.76. The van der Waals surface area contributed by atoms with Gasteiger partial charge in [0.15, 0.2) is 0 Å². The zero-order valence-electron chi connectivity index (χ0n) is 14.8. The van der Waals surface area contributed by atoms with Crippen LogP contribution < -0.4 is 15.6 Å². The second kappa shape index (κ2) is 7.24. The van der Waals surface area contributed by atoms with Crippen LogP contribution in [0, 0.1) is 0 Å². The molecule has 140 valence electrons. The van der Waals surface area contributed by atoms with Crippen LogP contribution in [0.3, 0.4) is 0 Å². The van der Waals surface area contributed by atoms with E-state index in [0.717, 1.165) is 11.6 Å². The van der Waals surface area contributed by atoms with E-state index in [1.54, 1.807) is 49.4 Å². The first-order chi connectivity index (χ1) is 12.7. The van der Waals surface area contributed by atoms with Crippen LogP contribution in [0.4, 0.5) is 5.69 Å². The number of benzene rings is 2. The van der Waals surface area contributed by atoms with Gasteiger partial charge in [-0.05, 0) is 42.1 Å². The normalized spacial score (nSPS) is 12.5. The summed E-state index contributed by atoms with van der Waals surface area (Å²) in [6, 6.07) is 15.0. The lowest BCUT2D eigenvalue weighted by atomic mass is 10.1. The number of carbonyl (C=O) groups is 1. The number of rotatable bonds is 5. The van der Waals surface area contributed by atoms with E-state index in [0.29, 0.717) is 16.8 Å². The summed E-state index contributed by atoms with van der Waals surface area (Å²) < 4.78 is 25.1. The highest BCUT2D eigenvalue weighted by molar-refractivity contribution is 7.92. The molecule has 1 amide bonds. The molecule has 0 fully saturated rings. The van der Waals surface area contributed by atoms with Crippen LogP contribution in [-0.4, -0.2) is 25.6 Å². The van der Waals surface area contributed by atoms with Gasteiger partial charge in [0.2, 0.25) is 10.0 Å². The number of hydrogen-bond acceptors (Lipinski definition) is 4. The van der Waals surface area contributed by atoms with E-state index in [1.165, 1.54) is 0 Å². The minimum Gasteiger partial charge on any atom is -0.345 e. The number of aromatic nitrogens is 1. The Labute approximate surface area is 156 Å². The molecule has 0 aliphatic heterocycles. The number of hydrogen-bond donors (Lipinski definition) is 3. The van der Waals surface area contributed by atoms with Crippen LogP contribution in [0.2, 0.25) is 0 Å². The molecule has 8 heteroatoms. The van der Waals surface area contributed by atoms with Gasteiger partial charge in [-0.15, -0.1) is 0 Å². The van der Waals surface area contributed by atoms with Gasteiger partial charge < -0.3 is 10.3 Å². The molecule has 0 saturated heterocycles. The maximum absolute atomic E-state index is 12.6. The van der Waals surface area contributed by atoms with E-state index < -0.39 is 27.5 Å². The third-order valence-corrected chi connectivity index (χ3v) is 4.64. The van der Waals surface area contributed by atoms with Crippen LogP contribution in [0.5, 0.6) is 0 Å². The average Bonchev–Trinajstić information content (AvgIpc) is 2.59. The first-order valence-electron chi connectivity index (χ1n) is 8.23. The van der Waals surface area contributed by atoms with E-state index in [9.17, 15) is 18.0 Å². The average molecular weight is 385 g/mol. The van der Waals surface area contributed by atoms with Crippen LogP contribution in [0.15, 0.2) is 59.4 Å². The lowest BCUT2D eigenvalue weighted by molar-refractivity contribution is 0.0938. The maximum atomic E-state index is 12.6. The van der Waals surface area contributed by atoms with E-state index in [2.05, 4.69) is 15.0 Å². The standard InChI is InChI=1S/C19H19N3O4S/c1-12(13-7-5-8-15(10-13)22-27(2,25)26)20-18(23)16-11-14-6-3-4-9-17(14)21-19(16)24/h3-12,22H,1-2H3,(H,20,23)(H,21,24). The maximum Gasteiger partial charge on any atom is 0.261 e. The Morgan fingerprint density at radius 3 is 2.56 bits per heavy atom. The monoisotopic (exact) mass is 385 g/mol. The number of para-hydroxylation sites is 1. The zero-order valence-corrected chi connectivity index (χ0v) is 15.6.